The molecular weight excluding hydrogens is 291 g/mol. The summed E-state index contributed by atoms with van der Waals surface area (Å²) in [6.07, 6.45) is -4.44. The number of alkyl halides is 3. The highest BCUT2D eigenvalue weighted by molar-refractivity contribution is 5.91. The molecule has 2 aromatic rings. The number of rotatable bonds is 4. The van der Waals surface area contributed by atoms with E-state index < -0.39 is 24.0 Å². The topological polar surface area (TPSA) is 29.1 Å². The molecule has 22 heavy (non-hydrogen) atoms. The van der Waals surface area contributed by atoms with Gasteiger partial charge in [-0.15, -0.1) is 0 Å². The van der Waals surface area contributed by atoms with E-state index in [9.17, 15) is 18.0 Å². The minimum Gasteiger partial charge on any atom is -0.346 e. The molecule has 0 radical (unpaired) electrons. The van der Waals surface area contributed by atoms with Crippen molar-refractivity contribution in [3.05, 3.63) is 71.8 Å². The second-order valence-corrected chi connectivity index (χ2v) is 5.15. The van der Waals surface area contributed by atoms with Crippen molar-refractivity contribution in [2.24, 2.45) is 0 Å². The Morgan fingerprint density at radius 2 is 1.32 bits per heavy atom. The fraction of sp³-hybridized carbons (Fsp3) is 0.235. The van der Waals surface area contributed by atoms with E-state index in [-0.39, 0.29) is 0 Å². The summed E-state index contributed by atoms with van der Waals surface area (Å²) in [5.41, 5.74) is 0.0927. The lowest BCUT2D eigenvalue weighted by Gasteiger charge is -2.30. The largest absolute Gasteiger partial charge is 0.405 e. The van der Waals surface area contributed by atoms with Crippen LogP contribution in [-0.4, -0.2) is 18.6 Å². The van der Waals surface area contributed by atoms with Gasteiger partial charge >= 0.3 is 6.18 Å². The molecule has 0 aliphatic carbocycles. The molecule has 0 atom stereocenters. The molecule has 5 heteroatoms. The van der Waals surface area contributed by atoms with E-state index in [4.69, 9.17) is 0 Å². The lowest BCUT2D eigenvalue weighted by Crippen LogP contribution is -2.46. The third-order valence-electron chi connectivity index (χ3n) is 3.61. The van der Waals surface area contributed by atoms with Crippen LogP contribution < -0.4 is 5.32 Å². The third kappa shape index (κ3) is 3.47. The molecule has 0 fully saturated rings. The zero-order valence-electron chi connectivity index (χ0n) is 12.0. The molecule has 0 saturated carbocycles. The fourth-order valence-corrected chi connectivity index (χ4v) is 2.33. The first-order valence-electron chi connectivity index (χ1n) is 6.80. The van der Waals surface area contributed by atoms with Crippen LogP contribution in [0.4, 0.5) is 13.2 Å². The van der Waals surface area contributed by atoms with Gasteiger partial charge in [0, 0.05) is 0 Å². The Hall–Kier alpha value is -2.30. The summed E-state index contributed by atoms with van der Waals surface area (Å²) < 4.78 is 37.2. The smallest absolute Gasteiger partial charge is 0.346 e. The van der Waals surface area contributed by atoms with Crippen LogP contribution in [0.5, 0.6) is 0 Å². The molecule has 2 aromatic carbocycles. The average molecular weight is 307 g/mol. The Morgan fingerprint density at radius 1 is 0.909 bits per heavy atom. The molecular formula is C17H16F3NO. The highest BCUT2D eigenvalue weighted by Gasteiger charge is 2.39. The van der Waals surface area contributed by atoms with Crippen LogP contribution in [0.25, 0.3) is 0 Å². The monoisotopic (exact) mass is 307 g/mol. The van der Waals surface area contributed by atoms with Gasteiger partial charge in [-0.1, -0.05) is 60.7 Å². The number of hydrogen-bond acceptors (Lipinski definition) is 1. The number of benzene rings is 2. The number of nitrogens with one attached hydrogen (secondary N) is 1. The van der Waals surface area contributed by atoms with Crippen LogP contribution in [0.1, 0.15) is 18.1 Å². The lowest BCUT2D eigenvalue weighted by molar-refractivity contribution is -0.140. The van der Waals surface area contributed by atoms with E-state index in [1.807, 2.05) is 5.32 Å². The van der Waals surface area contributed by atoms with Crippen molar-refractivity contribution < 1.29 is 18.0 Å². The Bertz CT molecular complexity index is 584. The molecule has 0 bridgehead atoms. The van der Waals surface area contributed by atoms with Gasteiger partial charge in [0.15, 0.2) is 0 Å². The molecule has 1 amide bonds. The summed E-state index contributed by atoms with van der Waals surface area (Å²) in [4.78, 5) is 12.5. The van der Waals surface area contributed by atoms with Crippen LogP contribution in [0, 0.1) is 0 Å². The van der Waals surface area contributed by atoms with E-state index in [1.54, 1.807) is 67.6 Å². The van der Waals surface area contributed by atoms with Gasteiger partial charge in [-0.05, 0) is 18.1 Å². The van der Waals surface area contributed by atoms with Crippen LogP contribution in [0.2, 0.25) is 0 Å². The maximum absolute atomic E-state index is 12.5. The van der Waals surface area contributed by atoms with E-state index in [2.05, 4.69) is 0 Å². The summed E-state index contributed by atoms with van der Waals surface area (Å²) in [5, 5.41) is 2.00. The summed E-state index contributed by atoms with van der Waals surface area (Å²) in [7, 11) is 0. The Balaban J connectivity index is 2.41. The Labute approximate surface area is 127 Å². The number of carbonyl (C=O) groups excluding carboxylic acids is 1. The molecule has 1 N–H and O–H groups in total. The van der Waals surface area contributed by atoms with E-state index in [0.29, 0.717) is 11.1 Å². The Morgan fingerprint density at radius 3 is 1.68 bits per heavy atom. The SMILES string of the molecule is CC(C(=O)NCC(F)(F)F)(c1ccccc1)c1ccccc1. The standard InChI is InChI=1S/C17H16F3NO/c1-16(13-8-4-2-5-9-13,14-10-6-3-7-11-14)15(22)21-12-17(18,19)20/h2-11H,12H2,1H3,(H,21,22). The molecule has 0 heterocycles. The first kappa shape index (κ1) is 16.1. The molecule has 0 aliphatic rings. The summed E-state index contributed by atoms with van der Waals surface area (Å²) in [6.45, 7) is 0.282. The average Bonchev–Trinajstić information content (AvgIpc) is 2.52. The predicted octanol–water partition coefficient (Wildman–Crippen LogP) is 3.67. The maximum atomic E-state index is 12.5. The fourth-order valence-electron chi connectivity index (χ4n) is 2.33. The van der Waals surface area contributed by atoms with Gasteiger partial charge in [0.25, 0.3) is 0 Å². The normalized spacial score (nSPS) is 12.0. The zero-order valence-corrected chi connectivity index (χ0v) is 12.0. The quantitative estimate of drug-likeness (QED) is 0.917. The molecule has 0 aromatic heterocycles. The van der Waals surface area contributed by atoms with E-state index in [0.717, 1.165) is 0 Å². The van der Waals surface area contributed by atoms with Crippen molar-refractivity contribution in [1.29, 1.82) is 0 Å². The number of amides is 1. The van der Waals surface area contributed by atoms with Crippen LogP contribution in [0.3, 0.4) is 0 Å². The third-order valence-corrected chi connectivity index (χ3v) is 3.61. The molecule has 0 aliphatic heterocycles. The van der Waals surface area contributed by atoms with Crippen molar-refractivity contribution in [2.75, 3.05) is 6.54 Å². The minimum atomic E-state index is -4.44. The second kappa shape index (κ2) is 6.22. The van der Waals surface area contributed by atoms with Crippen LogP contribution in [0.15, 0.2) is 60.7 Å². The van der Waals surface area contributed by atoms with Gasteiger partial charge in [0.2, 0.25) is 5.91 Å². The number of carbonyl (C=O) groups is 1. The summed E-state index contributed by atoms with van der Waals surface area (Å²) in [5.74, 6) is -0.678. The number of halogens is 3. The van der Waals surface area contributed by atoms with Crippen molar-refractivity contribution >= 4 is 5.91 Å². The van der Waals surface area contributed by atoms with Crippen LogP contribution in [-0.2, 0) is 10.2 Å². The zero-order chi connectivity index (χ0) is 16.2. The maximum Gasteiger partial charge on any atom is 0.405 e. The molecule has 0 unspecified atom stereocenters. The van der Waals surface area contributed by atoms with Crippen molar-refractivity contribution in [1.82, 2.24) is 5.32 Å². The van der Waals surface area contributed by atoms with Crippen LogP contribution >= 0.6 is 0 Å². The van der Waals surface area contributed by atoms with Crippen molar-refractivity contribution in [2.45, 2.75) is 18.5 Å². The summed E-state index contributed by atoms with van der Waals surface area (Å²) in [6, 6.07) is 17.6. The van der Waals surface area contributed by atoms with E-state index in [1.165, 1.54) is 0 Å². The second-order valence-electron chi connectivity index (χ2n) is 5.15. The number of hydrogen-bond donors (Lipinski definition) is 1. The van der Waals surface area contributed by atoms with Gasteiger partial charge in [-0.25, -0.2) is 0 Å². The van der Waals surface area contributed by atoms with Gasteiger partial charge < -0.3 is 5.32 Å². The van der Waals surface area contributed by atoms with Gasteiger partial charge in [0.05, 0.1) is 5.41 Å². The van der Waals surface area contributed by atoms with Gasteiger partial charge in [0.1, 0.15) is 6.54 Å². The highest BCUT2D eigenvalue weighted by Crippen LogP contribution is 2.32. The molecule has 2 rings (SSSR count). The van der Waals surface area contributed by atoms with Gasteiger partial charge in [-0.2, -0.15) is 13.2 Å². The van der Waals surface area contributed by atoms with Crippen molar-refractivity contribution in [3.63, 3.8) is 0 Å². The molecule has 0 spiro atoms. The lowest BCUT2D eigenvalue weighted by atomic mass is 9.75. The first-order valence-corrected chi connectivity index (χ1v) is 6.80. The molecule has 0 saturated heterocycles. The summed E-state index contributed by atoms with van der Waals surface area (Å²) >= 11 is 0. The molecule has 2 nitrogen and oxygen atoms in total. The van der Waals surface area contributed by atoms with Crippen molar-refractivity contribution in [3.8, 4) is 0 Å². The van der Waals surface area contributed by atoms with E-state index >= 15 is 0 Å². The molecule has 116 valence electrons. The minimum absolute atomic E-state index is 0.640. The predicted molar refractivity (Wildman–Crippen MR) is 78.4 cm³/mol. The first-order chi connectivity index (χ1) is 10.3. The Kier molecular flexibility index (Phi) is 4.54. The van der Waals surface area contributed by atoms with Gasteiger partial charge in [-0.3, -0.25) is 4.79 Å². The highest BCUT2D eigenvalue weighted by atomic mass is 19.4.